The highest BCUT2D eigenvalue weighted by Gasteiger charge is 2.29. The van der Waals surface area contributed by atoms with Gasteiger partial charge < -0.3 is 24.7 Å². The van der Waals surface area contributed by atoms with Gasteiger partial charge in [-0.3, -0.25) is 14.4 Å². The van der Waals surface area contributed by atoms with E-state index in [9.17, 15) is 14.4 Å². The highest BCUT2D eigenvalue weighted by Crippen LogP contribution is 2.23. The molecule has 9 heteroatoms. The zero-order valence-electron chi connectivity index (χ0n) is 20.0. The molecule has 180 valence electrons. The van der Waals surface area contributed by atoms with Crippen molar-refractivity contribution in [1.82, 2.24) is 20.2 Å². The summed E-state index contributed by atoms with van der Waals surface area (Å²) in [6, 6.07) is 11.1. The van der Waals surface area contributed by atoms with Crippen LogP contribution in [0.3, 0.4) is 0 Å². The second kappa shape index (κ2) is 10.8. The zero-order chi connectivity index (χ0) is 24.8. The minimum atomic E-state index is -0.781. The highest BCUT2D eigenvalue weighted by molar-refractivity contribution is 5.98. The Hall–Kier alpha value is -3.88. The van der Waals surface area contributed by atoms with E-state index in [1.165, 1.54) is 14.2 Å². The van der Waals surface area contributed by atoms with Crippen LogP contribution >= 0.6 is 0 Å². The summed E-state index contributed by atoms with van der Waals surface area (Å²) < 4.78 is 10.5. The second-order valence-corrected chi connectivity index (χ2v) is 8.18. The number of aromatic nitrogens is 2. The number of amides is 2. The van der Waals surface area contributed by atoms with Gasteiger partial charge in [-0.05, 0) is 37.1 Å². The van der Waals surface area contributed by atoms with Crippen molar-refractivity contribution in [2.24, 2.45) is 5.92 Å². The molecule has 0 spiro atoms. The van der Waals surface area contributed by atoms with Crippen molar-refractivity contribution in [2.45, 2.75) is 33.4 Å². The molecule has 0 bridgehead atoms. The Balaban J connectivity index is 1.83. The Morgan fingerprint density at radius 1 is 1.09 bits per heavy atom. The molecule has 0 radical (unpaired) electrons. The van der Waals surface area contributed by atoms with Crippen LogP contribution in [0.5, 0.6) is 11.5 Å². The first-order chi connectivity index (χ1) is 16.3. The molecule has 2 amide bonds. The van der Waals surface area contributed by atoms with Crippen LogP contribution < -0.4 is 20.3 Å². The monoisotopic (exact) mass is 466 g/mol. The second-order valence-electron chi connectivity index (χ2n) is 8.18. The van der Waals surface area contributed by atoms with Crippen LogP contribution in [0.4, 0.5) is 0 Å². The Labute approximate surface area is 198 Å². The predicted octanol–water partition coefficient (Wildman–Crippen LogP) is 2.74. The van der Waals surface area contributed by atoms with Gasteiger partial charge in [0.25, 0.3) is 11.5 Å². The molecule has 0 aliphatic carbocycles. The van der Waals surface area contributed by atoms with E-state index in [4.69, 9.17) is 9.47 Å². The standard InChI is InChI=1S/C25H30N4O5/c1-6-29(14-21-26-20-10-8-7-9-19(20)24(31)27-21)25(32)22(15(2)3)28-23(30)16-11-17(33-4)13-18(12-16)34-5/h7-13,15,22H,6,14H2,1-5H3,(H,28,30)(H,26,27,31). The Kier molecular flexibility index (Phi) is 7.88. The molecule has 2 aromatic carbocycles. The molecular formula is C25H30N4O5. The number of methoxy groups -OCH3 is 2. The molecule has 1 heterocycles. The molecule has 0 saturated heterocycles. The van der Waals surface area contributed by atoms with Gasteiger partial charge in [0.1, 0.15) is 23.4 Å². The van der Waals surface area contributed by atoms with E-state index < -0.39 is 11.9 Å². The number of H-pyrrole nitrogens is 1. The van der Waals surface area contributed by atoms with Crippen LogP contribution in [0.2, 0.25) is 0 Å². The number of para-hydroxylation sites is 1. The van der Waals surface area contributed by atoms with Crippen molar-refractivity contribution in [3.8, 4) is 11.5 Å². The van der Waals surface area contributed by atoms with E-state index in [1.54, 1.807) is 47.4 Å². The molecule has 1 unspecified atom stereocenters. The maximum absolute atomic E-state index is 13.4. The number of aromatic amines is 1. The Morgan fingerprint density at radius 3 is 2.32 bits per heavy atom. The number of hydrogen-bond acceptors (Lipinski definition) is 6. The summed E-state index contributed by atoms with van der Waals surface area (Å²) in [4.78, 5) is 47.7. The zero-order valence-corrected chi connectivity index (χ0v) is 20.0. The van der Waals surface area contributed by atoms with Gasteiger partial charge in [0.15, 0.2) is 0 Å². The van der Waals surface area contributed by atoms with E-state index in [2.05, 4.69) is 15.3 Å². The fourth-order valence-corrected chi connectivity index (χ4v) is 3.61. The molecule has 0 aliphatic heterocycles. The smallest absolute Gasteiger partial charge is 0.258 e. The molecule has 0 saturated carbocycles. The van der Waals surface area contributed by atoms with E-state index in [0.29, 0.717) is 40.3 Å². The number of nitrogens with zero attached hydrogens (tertiary/aromatic N) is 2. The van der Waals surface area contributed by atoms with Crippen molar-refractivity contribution in [1.29, 1.82) is 0 Å². The van der Waals surface area contributed by atoms with E-state index in [-0.39, 0.29) is 23.9 Å². The third-order valence-electron chi connectivity index (χ3n) is 5.53. The Morgan fingerprint density at radius 2 is 1.74 bits per heavy atom. The van der Waals surface area contributed by atoms with Gasteiger partial charge in [-0.15, -0.1) is 0 Å². The van der Waals surface area contributed by atoms with Crippen molar-refractivity contribution in [3.05, 3.63) is 64.2 Å². The average molecular weight is 467 g/mol. The number of hydrogen-bond donors (Lipinski definition) is 2. The average Bonchev–Trinajstić information content (AvgIpc) is 2.84. The van der Waals surface area contributed by atoms with Crippen LogP contribution in [-0.4, -0.2) is 53.5 Å². The largest absolute Gasteiger partial charge is 0.497 e. The van der Waals surface area contributed by atoms with Crippen molar-refractivity contribution in [3.63, 3.8) is 0 Å². The summed E-state index contributed by atoms with van der Waals surface area (Å²) in [6.07, 6.45) is 0. The molecule has 3 rings (SSSR count). The minimum absolute atomic E-state index is 0.113. The number of likely N-dealkylation sites (N-methyl/N-ethyl adjacent to an activating group) is 1. The quantitative estimate of drug-likeness (QED) is 0.501. The third kappa shape index (κ3) is 5.54. The third-order valence-corrected chi connectivity index (χ3v) is 5.53. The summed E-state index contributed by atoms with van der Waals surface area (Å²) >= 11 is 0. The maximum Gasteiger partial charge on any atom is 0.258 e. The molecule has 0 aliphatic rings. The lowest BCUT2D eigenvalue weighted by Crippen LogP contribution is -2.51. The number of carbonyl (C=O) groups is 2. The predicted molar refractivity (Wildman–Crippen MR) is 129 cm³/mol. The topological polar surface area (TPSA) is 114 Å². The fraction of sp³-hybridized carbons (Fsp3) is 0.360. The first kappa shape index (κ1) is 24.8. The summed E-state index contributed by atoms with van der Waals surface area (Å²) in [6.45, 7) is 6.05. The van der Waals surface area contributed by atoms with Gasteiger partial charge in [-0.25, -0.2) is 4.98 Å². The SMILES string of the molecule is CCN(Cc1nc2ccccc2c(=O)[nH]1)C(=O)C(NC(=O)c1cc(OC)cc(OC)c1)C(C)C. The summed E-state index contributed by atoms with van der Waals surface area (Å²) in [5, 5.41) is 3.33. The number of benzene rings is 2. The van der Waals surface area contributed by atoms with Gasteiger partial charge in [0, 0.05) is 18.2 Å². The fourth-order valence-electron chi connectivity index (χ4n) is 3.61. The lowest BCUT2D eigenvalue weighted by molar-refractivity contribution is -0.134. The van der Waals surface area contributed by atoms with Crippen molar-refractivity contribution in [2.75, 3.05) is 20.8 Å². The molecule has 1 atom stereocenters. The van der Waals surface area contributed by atoms with Gasteiger partial charge in [0.2, 0.25) is 5.91 Å². The van der Waals surface area contributed by atoms with E-state index >= 15 is 0 Å². The lowest BCUT2D eigenvalue weighted by Gasteiger charge is -2.29. The summed E-state index contributed by atoms with van der Waals surface area (Å²) in [5.41, 5.74) is 0.619. The number of fused-ring (bicyclic) bond motifs is 1. The van der Waals surface area contributed by atoms with Gasteiger partial charge >= 0.3 is 0 Å². The van der Waals surface area contributed by atoms with Gasteiger partial charge in [-0.1, -0.05) is 26.0 Å². The number of ether oxygens (including phenoxy) is 2. The van der Waals surface area contributed by atoms with Crippen LogP contribution in [0.25, 0.3) is 10.9 Å². The van der Waals surface area contributed by atoms with Crippen LogP contribution in [0, 0.1) is 5.92 Å². The van der Waals surface area contributed by atoms with Gasteiger partial charge in [-0.2, -0.15) is 0 Å². The molecule has 1 aromatic heterocycles. The summed E-state index contributed by atoms with van der Waals surface area (Å²) in [7, 11) is 3.00. The normalized spacial score (nSPS) is 11.8. The molecule has 0 fully saturated rings. The highest BCUT2D eigenvalue weighted by atomic mass is 16.5. The lowest BCUT2D eigenvalue weighted by atomic mass is 10.0. The van der Waals surface area contributed by atoms with Crippen LogP contribution in [0.1, 0.15) is 37.0 Å². The molecule has 2 N–H and O–H groups in total. The molecule has 9 nitrogen and oxygen atoms in total. The van der Waals surface area contributed by atoms with Gasteiger partial charge in [0.05, 0.1) is 31.7 Å². The first-order valence-corrected chi connectivity index (χ1v) is 11.1. The van der Waals surface area contributed by atoms with E-state index in [0.717, 1.165) is 0 Å². The molecule has 34 heavy (non-hydrogen) atoms. The molecule has 3 aromatic rings. The van der Waals surface area contributed by atoms with Crippen LogP contribution in [0.15, 0.2) is 47.3 Å². The Bertz CT molecular complexity index is 1220. The number of rotatable bonds is 9. The first-order valence-electron chi connectivity index (χ1n) is 11.1. The van der Waals surface area contributed by atoms with Crippen LogP contribution in [-0.2, 0) is 11.3 Å². The number of carbonyl (C=O) groups excluding carboxylic acids is 2. The summed E-state index contributed by atoms with van der Waals surface area (Å²) in [5.74, 6) is 0.456. The van der Waals surface area contributed by atoms with Crippen molar-refractivity contribution < 1.29 is 19.1 Å². The van der Waals surface area contributed by atoms with Crippen molar-refractivity contribution >= 4 is 22.7 Å². The number of nitrogens with one attached hydrogen (secondary N) is 2. The van der Waals surface area contributed by atoms with E-state index in [1.807, 2.05) is 20.8 Å². The molecular weight excluding hydrogens is 436 g/mol. The minimum Gasteiger partial charge on any atom is -0.497 e. The maximum atomic E-state index is 13.4.